The summed E-state index contributed by atoms with van der Waals surface area (Å²) >= 11 is 7.59. The number of H-pyrrole nitrogens is 1. The number of nitrogens with zero attached hydrogens (tertiary/aromatic N) is 1. The molecule has 0 fully saturated rings. The molecule has 1 aliphatic heterocycles. The van der Waals surface area contributed by atoms with Gasteiger partial charge in [-0.3, -0.25) is 9.59 Å². The van der Waals surface area contributed by atoms with Crippen LogP contribution in [-0.2, 0) is 10.5 Å². The highest BCUT2D eigenvalue weighted by Gasteiger charge is 2.32. The van der Waals surface area contributed by atoms with Gasteiger partial charge in [0.2, 0.25) is 5.91 Å². The molecular formula is C20H15ClFN3O2S. The monoisotopic (exact) mass is 415 g/mol. The molecule has 0 saturated carbocycles. The number of amides is 1. The third kappa shape index (κ3) is 3.81. The number of hydrogen-bond donors (Lipinski definition) is 2. The number of aromatic amines is 1. The Balaban J connectivity index is 1.66. The summed E-state index contributed by atoms with van der Waals surface area (Å²) in [6.07, 6.45) is 0.129. The predicted octanol–water partition coefficient (Wildman–Crippen LogP) is 4.33. The first kappa shape index (κ1) is 18.7. The van der Waals surface area contributed by atoms with Crippen molar-refractivity contribution in [3.8, 4) is 0 Å². The molecule has 4 rings (SSSR count). The summed E-state index contributed by atoms with van der Waals surface area (Å²) in [6.45, 7) is 0. The molecule has 0 spiro atoms. The topological polar surface area (TPSA) is 74.8 Å². The summed E-state index contributed by atoms with van der Waals surface area (Å²) in [5.41, 5.74) is 1.71. The van der Waals surface area contributed by atoms with Gasteiger partial charge in [-0.2, -0.15) is 0 Å². The number of benzene rings is 2. The fraction of sp³-hybridized carbons (Fsp3) is 0.150. The summed E-state index contributed by atoms with van der Waals surface area (Å²) < 4.78 is 13.0. The van der Waals surface area contributed by atoms with Crippen LogP contribution < -0.4 is 10.9 Å². The van der Waals surface area contributed by atoms with Crippen LogP contribution in [0.15, 0.2) is 58.5 Å². The number of rotatable bonds is 4. The largest absolute Gasteiger partial charge is 0.310 e. The van der Waals surface area contributed by atoms with Crippen LogP contribution in [0, 0.1) is 5.82 Å². The summed E-state index contributed by atoms with van der Waals surface area (Å²) in [5, 5.41) is 3.57. The van der Waals surface area contributed by atoms with Crippen molar-refractivity contribution < 1.29 is 9.18 Å². The van der Waals surface area contributed by atoms with Gasteiger partial charge in [-0.05, 0) is 29.3 Å². The molecule has 142 valence electrons. The Morgan fingerprint density at radius 1 is 1.14 bits per heavy atom. The molecule has 5 nitrogen and oxygen atoms in total. The molecule has 1 atom stereocenters. The number of aromatic nitrogens is 2. The van der Waals surface area contributed by atoms with Gasteiger partial charge in [0.05, 0.1) is 5.56 Å². The van der Waals surface area contributed by atoms with Crippen LogP contribution >= 0.6 is 23.4 Å². The Labute approximate surface area is 169 Å². The molecule has 3 aromatic rings. The van der Waals surface area contributed by atoms with Crippen LogP contribution in [0.5, 0.6) is 0 Å². The molecule has 8 heteroatoms. The Morgan fingerprint density at radius 2 is 1.89 bits per heavy atom. The molecule has 2 aromatic carbocycles. The van der Waals surface area contributed by atoms with Crippen LogP contribution in [-0.4, -0.2) is 15.9 Å². The van der Waals surface area contributed by atoms with E-state index in [0.717, 1.165) is 11.1 Å². The Morgan fingerprint density at radius 3 is 2.64 bits per heavy atom. The van der Waals surface area contributed by atoms with Gasteiger partial charge in [-0.1, -0.05) is 53.7 Å². The smallest absolute Gasteiger partial charge is 0.257 e. The zero-order chi connectivity index (χ0) is 19.7. The number of carbonyl (C=O) groups is 1. The zero-order valence-electron chi connectivity index (χ0n) is 14.5. The lowest BCUT2D eigenvalue weighted by Crippen LogP contribution is -2.31. The van der Waals surface area contributed by atoms with Gasteiger partial charge in [0.25, 0.3) is 5.56 Å². The Kier molecular flexibility index (Phi) is 5.19. The summed E-state index contributed by atoms with van der Waals surface area (Å²) in [7, 11) is 0. The molecule has 0 bridgehead atoms. The SMILES string of the molecule is O=C1CC(c2ccccc2Cl)c2c(nc(SCc3ccc(F)cc3)[nH]c2=O)N1. The van der Waals surface area contributed by atoms with E-state index in [1.54, 1.807) is 24.3 Å². The van der Waals surface area contributed by atoms with Gasteiger partial charge in [0.1, 0.15) is 11.6 Å². The molecule has 1 amide bonds. The minimum Gasteiger partial charge on any atom is -0.310 e. The third-order valence-corrected chi connectivity index (χ3v) is 5.79. The van der Waals surface area contributed by atoms with E-state index in [-0.39, 0.29) is 29.5 Å². The molecule has 2 N–H and O–H groups in total. The van der Waals surface area contributed by atoms with Crippen molar-refractivity contribution in [3.05, 3.63) is 86.4 Å². The van der Waals surface area contributed by atoms with Crippen molar-refractivity contribution in [3.63, 3.8) is 0 Å². The number of fused-ring (bicyclic) bond motifs is 1. The van der Waals surface area contributed by atoms with Gasteiger partial charge in [0, 0.05) is 23.1 Å². The molecule has 1 aromatic heterocycles. The van der Waals surface area contributed by atoms with Gasteiger partial charge in [-0.25, -0.2) is 9.37 Å². The molecule has 0 saturated heterocycles. The number of nitrogens with one attached hydrogen (secondary N) is 2. The zero-order valence-corrected chi connectivity index (χ0v) is 16.1. The van der Waals surface area contributed by atoms with E-state index >= 15 is 0 Å². The second kappa shape index (κ2) is 7.77. The first-order chi connectivity index (χ1) is 13.5. The highest BCUT2D eigenvalue weighted by molar-refractivity contribution is 7.98. The van der Waals surface area contributed by atoms with Crippen molar-refractivity contribution >= 4 is 35.1 Å². The van der Waals surface area contributed by atoms with Gasteiger partial charge >= 0.3 is 0 Å². The van der Waals surface area contributed by atoms with E-state index < -0.39 is 5.92 Å². The van der Waals surface area contributed by atoms with Crippen molar-refractivity contribution in [1.29, 1.82) is 0 Å². The maximum Gasteiger partial charge on any atom is 0.257 e. The van der Waals surface area contributed by atoms with Gasteiger partial charge in [-0.15, -0.1) is 0 Å². The lowest BCUT2D eigenvalue weighted by molar-refractivity contribution is -0.116. The average Bonchev–Trinajstić information content (AvgIpc) is 2.67. The van der Waals surface area contributed by atoms with Crippen LogP contribution in [0.3, 0.4) is 0 Å². The number of anilines is 1. The summed E-state index contributed by atoms with van der Waals surface area (Å²) in [5.74, 6) is -0.215. The first-order valence-corrected chi connectivity index (χ1v) is 9.93. The van der Waals surface area contributed by atoms with Crippen LogP contribution in [0.4, 0.5) is 10.2 Å². The predicted molar refractivity (Wildman–Crippen MR) is 107 cm³/mol. The van der Waals surface area contributed by atoms with Crippen LogP contribution in [0.25, 0.3) is 0 Å². The second-order valence-electron chi connectivity index (χ2n) is 6.37. The second-order valence-corrected chi connectivity index (χ2v) is 7.75. The van der Waals surface area contributed by atoms with Gasteiger partial charge < -0.3 is 10.3 Å². The molecule has 1 unspecified atom stereocenters. The Hall–Kier alpha value is -2.64. The first-order valence-electron chi connectivity index (χ1n) is 8.57. The van der Waals surface area contributed by atoms with E-state index in [0.29, 0.717) is 21.5 Å². The van der Waals surface area contributed by atoms with Crippen LogP contribution in [0.2, 0.25) is 5.02 Å². The molecule has 28 heavy (non-hydrogen) atoms. The van der Waals surface area contributed by atoms with E-state index in [2.05, 4.69) is 15.3 Å². The fourth-order valence-corrected chi connectivity index (χ4v) is 4.26. The van der Waals surface area contributed by atoms with Gasteiger partial charge in [0.15, 0.2) is 5.16 Å². The molecule has 0 radical (unpaired) electrons. The maximum absolute atomic E-state index is 13.0. The minimum atomic E-state index is -0.454. The van der Waals surface area contributed by atoms with Crippen molar-refractivity contribution in [2.75, 3.05) is 5.32 Å². The van der Waals surface area contributed by atoms with E-state index in [9.17, 15) is 14.0 Å². The van der Waals surface area contributed by atoms with Crippen molar-refractivity contribution in [1.82, 2.24) is 9.97 Å². The van der Waals surface area contributed by atoms with Crippen molar-refractivity contribution in [2.45, 2.75) is 23.2 Å². The normalized spacial score (nSPS) is 15.8. The number of halogens is 2. The summed E-state index contributed by atoms with van der Waals surface area (Å²) in [6, 6.07) is 13.3. The summed E-state index contributed by atoms with van der Waals surface area (Å²) in [4.78, 5) is 32.2. The quantitative estimate of drug-likeness (QED) is 0.491. The van der Waals surface area contributed by atoms with E-state index in [4.69, 9.17) is 11.6 Å². The van der Waals surface area contributed by atoms with E-state index in [1.165, 1.54) is 23.9 Å². The third-order valence-electron chi connectivity index (χ3n) is 4.50. The molecule has 0 aliphatic carbocycles. The van der Waals surface area contributed by atoms with E-state index in [1.807, 2.05) is 12.1 Å². The lowest BCUT2D eigenvalue weighted by Gasteiger charge is -2.25. The maximum atomic E-state index is 13.0. The molecular weight excluding hydrogens is 401 g/mol. The number of hydrogen-bond acceptors (Lipinski definition) is 4. The van der Waals surface area contributed by atoms with Crippen LogP contribution in [0.1, 0.15) is 29.0 Å². The molecule has 2 heterocycles. The molecule has 1 aliphatic rings. The number of carbonyl (C=O) groups excluding carboxylic acids is 1. The lowest BCUT2D eigenvalue weighted by atomic mass is 9.87. The average molecular weight is 416 g/mol. The number of thioether (sulfide) groups is 1. The Bertz CT molecular complexity index is 1100. The highest BCUT2D eigenvalue weighted by Crippen LogP contribution is 2.37. The standard InChI is InChI=1S/C20H15ClFN3O2S/c21-15-4-2-1-3-13(15)14-9-16(26)23-18-17(14)19(27)25-20(24-18)28-10-11-5-7-12(22)8-6-11/h1-8,14H,9-10H2,(H2,23,24,25,26,27). The highest BCUT2D eigenvalue weighted by atomic mass is 35.5. The minimum absolute atomic E-state index is 0.129. The van der Waals surface area contributed by atoms with Crippen molar-refractivity contribution in [2.24, 2.45) is 0 Å². The fourth-order valence-electron chi connectivity index (χ4n) is 3.17.